The molecule has 0 spiro atoms. The second-order valence-corrected chi connectivity index (χ2v) is 6.88. The molecule has 1 fully saturated rings. The summed E-state index contributed by atoms with van der Waals surface area (Å²) in [6.45, 7) is 8.92. The van der Waals surface area contributed by atoms with Gasteiger partial charge in [-0.15, -0.1) is 6.58 Å². The SMILES string of the molecule is C=CCNC(=NCCc1ccco1)N1CCCC(n2cc(C(=O)OCC)cn2)C1. The van der Waals surface area contributed by atoms with E-state index in [1.807, 2.05) is 22.9 Å². The number of hydrogen-bond acceptors (Lipinski definition) is 5. The number of ether oxygens (including phenoxy) is 1. The summed E-state index contributed by atoms with van der Waals surface area (Å²) in [5.41, 5.74) is 0.487. The Kier molecular flexibility index (Phi) is 7.49. The Labute approximate surface area is 171 Å². The monoisotopic (exact) mass is 399 g/mol. The van der Waals surface area contributed by atoms with Crippen molar-refractivity contribution in [3.8, 4) is 0 Å². The molecular formula is C21H29N5O3. The van der Waals surface area contributed by atoms with Crippen molar-refractivity contribution >= 4 is 11.9 Å². The number of nitrogens with one attached hydrogen (secondary N) is 1. The van der Waals surface area contributed by atoms with Gasteiger partial charge in [0.05, 0.1) is 30.7 Å². The van der Waals surface area contributed by atoms with Crippen molar-refractivity contribution in [2.24, 2.45) is 4.99 Å². The van der Waals surface area contributed by atoms with Crippen molar-refractivity contribution in [2.75, 3.05) is 32.8 Å². The summed E-state index contributed by atoms with van der Waals surface area (Å²) in [7, 11) is 0. The average molecular weight is 399 g/mol. The summed E-state index contributed by atoms with van der Waals surface area (Å²) in [5.74, 6) is 1.45. The van der Waals surface area contributed by atoms with Gasteiger partial charge in [0.25, 0.3) is 0 Å². The number of aromatic nitrogens is 2. The van der Waals surface area contributed by atoms with Gasteiger partial charge in [0.15, 0.2) is 5.96 Å². The van der Waals surface area contributed by atoms with E-state index < -0.39 is 0 Å². The maximum Gasteiger partial charge on any atom is 0.341 e. The number of rotatable bonds is 8. The summed E-state index contributed by atoms with van der Waals surface area (Å²) in [6, 6.07) is 4.02. The number of nitrogens with zero attached hydrogens (tertiary/aromatic N) is 4. The van der Waals surface area contributed by atoms with Crippen molar-refractivity contribution in [1.82, 2.24) is 20.0 Å². The molecule has 2 aromatic heterocycles. The number of furan rings is 1. The van der Waals surface area contributed by atoms with Crippen LogP contribution >= 0.6 is 0 Å². The lowest BCUT2D eigenvalue weighted by Crippen LogP contribution is -2.47. The second kappa shape index (κ2) is 10.5. The maximum absolute atomic E-state index is 11.9. The lowest BCUT2D eigenvalue weighted by Gasteiger charge is -2.35. The summed E-state index contributed by atoms with van der Waals surface area (Å²) in [6.07, 6.45) is 9.63. The zero-order chi connectivity index (χ0) is 20.5. The Morgan fingerprint density at radius 1 is 1.55 bits per heavy atom. The molecule has 0 radical (unpaired) electrons. The Morgan fingerprint density at radius 3 is 3.21 bits per heavy atom. The van der Waals surface area contributed by atoms with Crippen LogP contribution < -0.4 is 5.32 Å². The predicted octanol–water partition coefficient (Wildman–Crippen LogP) is 2.66. The van der Waals surface area contributed by atoms with E-state index in [1.165, 1.54) is 0 Å². The molecule has 0 aromatic carbocycles. The molecule has 1 saturated heterocycles. The average Bonchev–Trinajstić information content (AvgIpc) is 3.43. The van der Waals surface area contributed by atoms with Gasteiger partial charge in [-0.2, -0.15) is 5.10 Å². The van der Waals surface area contributed by atoms with E-state index in [9.17, 15) is 4.79 Å². The quantitative estimate of drug-likeness (QED) is 0.318. The van der Waals surface area contributed by atoms with Gasteiger partial charge in [0.2, 0.25) is 0 Å². The molecule has 1 unspecified atom stereocenters. The fraction of sp³-hybridized carbons (Fsp3) is 0.476. The first-order valence-electron chi connectivity index (χ1n) is 10.1. The Morgan fingerprint density at radius 2 is 2.45 bits per heavy atom. The lowest BCUT2D eigenvalue weighted by molar-refractivity contribution is 0.0526. The van der Waals surface area contributed by atoms with Crippen LogP contribution in [0.3, 0.4) is 0 Å². The third kappa shape index (κ3) is 5.73. The van der Waals surface area contributed by atoms with Crippen LogP contribution in [0.25, 0.3) is 0 Å². The number of carbonyl (C=O) groups is 1. The molecule has 156 valence electrons. The zero-order valence-electron chi connectivity index (χ0n) is 16.9. The fourth-order valence-electron chi connectivity index (χ4n) is 3.38. The van der Waals surface area contributed by atoms with Crippen LogP contribution in [-0.4, -0.2) is 59.4 Å². The van der Waals surface area contributed by atoms with Crippen molar-refractivity contribution in [1.29, 1.82) is 0 Å². The van der Waals surface area contributed by atoms with E-state index >= 15 is 0 Å². The Balaban J connectivity index is 1.65. The normalized spacial score (nSPS) is 17.2. The molecule has 1 aliphatic rings. The summed E-state index contributed by atoms with van der Waals surface area (Å²) < 4.78 is 12.3. The van der Waals surface area contributed by atoms with E-state index in [1.54, 1.807) is 25.6 Å². The largest absolute Gasteiger partial charge is 0.469 e. The van der Waals surface area contributed by atoms with E-state index in [2.05, 4.69) is 21.9 Å². The molecule has 0 aliphatic carbocycles. The molecule has 3 rings (SSSR count). The third-order valence-electron chi connectivity index (χ3n) is 4.79. The van der Waals surface area contributed by atoms with Crippen LogP contribution in [0.2, 0.25) is 0 Å². The first-order chi connectivity index (χ1) is 14.2. The molecule has 8 heteroatoms. The lowest BCUT2D eigenvalue weighted by atomic mass is 10.1. The van der Waals surface area contributed by atoms with E-state index in [4.69, 9.17) is 14.1 Å². The first-order valence-corrected chi connectivity index (χ1v) is 10.1. The number of guanidine groups is 1. The third-order valence-corrected chi connectivity index (χ3v) is 4.79. The molecule has 1 aliphatic heterocycles. The summed E-state index contributed by atoms with van der Waals surface area (Å²) >= 11 is 0. The predicted molar refractivity (Wildman–Crippen MR) is 111 cm³/mol. The molecule has 0 amide bonds. The van der Waals surface area contributed by atoms with Gasteiger partial charge < -0.3 is 19.4 Å². The van der Waals surface area contributed by atoms with Gasteiger partial charge in [-0.3, -0.25) is 9.67 Å². The molecular weight excluding hydrogens is 370 g/mol. The Bertz CT molecular complexity index is 812. The number of hydrogen-bond donors (Lipinski definition) is 1. The number of likely N-dealkylation sites (tertiary alicyclic amines) is 1. The molecule has 3 heterocycles. The van der Waals surface area contributed by atoms with Crippen molar-refractivity contribution in [3.05, 3.63) is 54.8 Å². The number of aliphatic imine (C=N–C) groups is 1. The summed E-state index contributed by atoms with van der Waals surface area (Å²) in [4.78, 5) is 18.9. The van der Waals surface area contributed by atoms with Crippen molar-refractivity contribution in [2.45, 2.75) is 32.2 Å². The van der Waals surface area contributed by atoms with Crippen LogP contribution in [0.5, 0.6) is 0 Å². The number of esters is 1. The van der Waals surface area contributed by atoms with Gasteiger partial charge in [-0.25, -0.2) is 4.79 Å². The molecule has 8 nitrogen and oxygen atoms in total. The van der Waals surface area contributed by atoms with Gasteiger partial charge in [-0.05, 0) is 31.9 Å². The zero-order valence-corrected chi connectivity index (χ0v) is 16.9. The highest BCUT2D eigenvalue weighted by Gasteiger charge is 2.25. The standard InChI is InChI=1S/C21H29N5O3/c1-3-10-22-21(23-11-9-19-8-6-13-29-19)25-12-5-7-18(16-25)26-15-17(14-24-26)20(27)28-4-2/h3,6,8,13-15,18H,1,4-5,7,9-12,16H2,2H3,(H,22,23). The highest BCUT2D eigenvalue weighted by atomic mass is 16.5. The van der Waals surface area contributed by atoms with E-state index in [0.29, 0.717) is 25.3 Å². The van der Waals surface area contributed by atoms with Crippen LogP contribution in [0.15, 0.2) is 52.9 Å². The Hall–Kier alpha value is -3.03. The molecule has 2 aromatic rings. The fourth-order valence-corrected chi connectivity index (χ4v) is 3.38. The van der Waals surface area contributed by atoms with Gasteiger partial charge in [-0.1, -0.05) is 6.08 Å². The van der Waals surface area contributed by atoms with Crippen LogP contribution in [0, 0.1) is 0 Å². The molecule has 1 atom stereocenters. The van der Waals surface area contributed by atoms with Gasteiger partial charge in [0.1, 0.15) is 5.76 Å². The van der Waals surface area contributed by atoms with Crippen LogP contribution in [-0.2, 0) is 11.2 Å². The minimum absolute atomic E-state index is 0.174. The maximum atomic E-state index is 11.9. The number of carbonyl (C=O) groups excluding carboxylic acids is 1. The second-order valence-electron chi connectivity index (χ2n) is 6.88. The van der Waals surface area contributed by atoms with Crippen molar-refractivity contribution in [3.63, 3.8) is 0 Å². The minimum Gasteiger partial charge on any atom is -0.469 e. The molecule has 0 saturated carbocycles. The van der Waals surface area contributed by atoms with E-state index in [-0.39, 0.29) is 12.0 Å². The summed E-state index contributed by atoms with van der Waals surface area (Å²) in [5, 5.41) is 7.75. The van der Waals surface area contributed by atoms with Crippen LogP contribution in [0.1, 0.15) is 41.9 Å². The van der Waals surface area contributed by atoms with Crippen molar-refractivity contribution < 1.29 is 13.9 Å². The number of piperidine rings is 1. The van der Waals surface area contributed by atoms with Crippen LogP contribution in [0.4, 0.5) is 0 Å². The first kappa shape index (κ1) is 20.7. The van der Waals surface area contributed by atoms with Gasteiger partial charge >= 0.3 is 5.97 Å². The smallest absolute Gasteiger partial charge is 0.341 e. The van der Waals surface area contributed by atoms with Gasteiger partial charge in [0, 0.05) is 38.8 Å². The highest BCUT2D eigenvalue weighted by molar-refractivity contribution is 5.88. The van der Waals surface area contributed by atoms with E-state index in [0.717, 1.165) is 44.1 Å². The molecule has 1 N–H and O–H groups in total. The minimum atomic E-state index is -0.334. The molecule has 0 bridgehead atoms. The molecule has 29 heavy (non-hydrogen) atoms. The topological polar surface area (TPSA) is 84.9 Å². The highest BCUT2D eigenvalue weighted by Crippen LogP contribution is 2.21.